The molecular formula is C13H17BrO. The third kappa shape index (κ3) is 2.11. The summed E-state index contributed by atoms with van der Waals surface area (Å²) in [4.78, 5) is 0. The lowest BCUT2D eigenvalue weighted by Crippen LogP contribution is -2.22. The SMILES string of the molecule is Cc1cc(Br)ccc1[C@]1(O)CC[C@H](C)C1. The van der Waals surface area contributed by atoms with Crippen LogP contribution in [0.3, 0.4) is 0 Å². The van der Waals surface area contributed by atoms with Crippen LogP contribution in [0.15, 0.2) is 22.7 Å². The van der Waals surface area contributed by atoms with Gasteiger partial charge in [-0.25, -0.2) is 0 Å². The molecule has 1 aromatic rings. The van der Waals surface area contributed by atoms with Gasteiger partial charge >= 0.3 is 0 Å². The molecule has 1 aromatic carbocycles. The van der Waals surface area contributed by atoms with E-state index in [0.717, 1.165) is 29.3 Å². The minimum absolute atomic E-state index is 0.579. The molecule has 0 heterocycles. The summed E-state index contributed by atoms with van der Waals surface area (Å²) < 4.78 is 1.08. The van der Waals surface area contributed by atoms with Gasteiger partial charge in [-0.15, -0.1) is 0 Å². The molecule has 15 heavy (non-hydrogen) atoms. The van der Waals surface area contributed by atoms with Gasteiger partial charge in [0.25, 0.3) is 0 Å². The van der Waals surface area contributed by atoms with E-state index in [1.54, 1.807) is 0 Å². The molecule has 2 atom stereocenters. The van der Waals surface area contributed by atoms with Crippen LogP contribution in [0.2, 0.25) is 0 Å². The normalized spacial score (nSPS) is 30.8. The zero-order valence-corrected chi connectivity index (χ0v) is 10.8. The lowest BCUT2D eigenvalue weighted by Gasteiger charge is -2.25. The van der Waals surface area contributed by atoms with Crippen molar-refractivity contribution in [1.82, 2.24) is 0 Å². The molecule has 0 saturated heterocycles. The largest absolute Gasteiger partial charge is 0.385 e. The quantitative estimate of drug-likeness (QED) is 0.822. The van der Waals surface area contributed by atoms with Crippen LogP contribution in [0.4, 0.5) is 0 Å². The Morgan fingerprint density at radius 3 is 2.73 bits per heavy atom. The van der Waals surface area contributed by atoms with Crippen molar-refractivity contribution in [3.8, 4) is 0 Å². The predicted octanol–water partition coefficient (Wildman–Crippen LogP) is 3.77. The molecule has 0 radical (unpaired) electrons. The van der Waals surface area contributed by atoms with E-state index in [-0.39, 0.29) is 0 Å². The number of halogens is 1. The summed E-state index contributed by atoms with van der Waals surface area (Å²) in [5.74, 6) is 0.637. The van der Waals surface area contributed by atoms with E-state index in [2.05, 4.69) is 41.9 Å². The Balaban J connectivity index is 2.37. The lowest BCUT2D eigenvalue weighted by atomic mass is 9.88. The highest BCUT2D eigenvalue weighted by atomic mass is 79.9. The number of benzene rings is 1. The van der Waals surface area contributed by atoms with Crippen molar-refractivity contribution in [3.63, 3.8) is 0 Å². The zero-order valence-electron chi connectivity index (χ0n) is 9.26. The van der Waals surface area contributed by atoms with Crippen molar-refractivity contribution in [1.29, 1.82) is 0 Å². The predicted molar refractivity (Wildman–Crippen MR) is 65.8 cm³/mol. The van der Waals surface area contributed by atoms with Crippen LogP contribution < -0.4 is 0 Å². The summed E-state index contributed by atoms with van der Waals surface area (Å²) >= 11 is 3.45. The molecule has 2 rings (SSSR count). The zero-order chi connectivity index (χ0) is 11.1. The van der Waals surface area contributed by atoms with Gasteiger partial charge in [-0.05, 0) is 55.4 Å². The van der Waals surface area contributed by atoms with Crippen LogP contribution >= 0.6 is 15.9 Å². The molecule has 82 valence electrons. The van der Waals surface area contributed by atoms with E-state index in [1.807, 2.05) is 6.07 Å². The smallest absolute Gasteiger partial charge is 0.0901 e. The Hall–Kier alpha value is -0.340. The summed E-state index contributed by atoms with van der Waals surface area (Å²) in [5.41, 5.74) is 1.71. The first-order valence-corrected chi connectivity index (χ1v) is 6.29. The molecule has 0 bridgehead atoms. The standard InChI is InChI=1S/C13H17BrO/c1-9-5-6-13(15,8-9)12-4-3-11(14)7-10(12)2/h3-4,7,9,15H,5-6,8H2,1-2H3/t9-,13-/m0/s1. The molecule has 0 spiro atoms. The van der Waals surface area contributed by atoms with Gasteiger partial charge in [0.15, 0.2) is 0 Å². The summed E-state index contributed by atoms with van der Waals surface area (Å²) in [5, 5.41) is 10.6. The molecule has 1 saturated carbocycles. The highest BCUT2D eigenvalue weighted by Crippen LogP contribution is 2.43. The summed E-state index contributed by atoms with van der Waals surface area (Å²) in [6.07, 6.45) is 2.93. The van der Waals surface area contributed by atoms with Crippen molar-refractivity contribution in [3.05, 3.63) is 33.8 Å². The average Bonchev–Trinajstić information content (AvgIpc) is 2.46. The second-order valence-electron chi connectivity index (χ2n) is 4.84. The van der Waals surface area contributed by atoms with Gasteiger partial charge in [0.1, 0.15) is 0 Å². The second kappa shape index (κ2) is 3.91. The van der Waals surface area contributed by atoms with Crippen molar-refractivity contribution in [2.24, 2.45) is 5.92 Å². The van der Waals surface area contributed by atoms with Crippen molar-refractivity contribution >= 4 is 15.9 Å². The fraction of sp³-hybridized carbons (Fsp3) is 0.538. The molecule has 1 nitrogen and oxygen atoms in total. The molecule has 1 N–H and O–H groups in total. The van der Waals surface area contributed by atoms with Gasteiger partial charge < -0.3 is 5.11 Å². The van der Waals surface area contributed by atoms with Crippen LogP contribution in [0, 0.1) is 12.8 Å². The van der Waals surface area contributed by atoms with E-state index < -0.39 is 5.60 Å². The highest BCUT2D eigenvalue weighted by Gasteiger charge is 2.37. The molecule has 0 aromatic heterocycles. The van der Waals surface area contributed by atoms with Gasteiger partial charge in [0.2, 0.25) is 0 Å². The van der Waals surface area contributed by atoms with Gasteiger partial charge in [0.05, 0.1) is 5.60 Å². The van der Waals surface area contributed by atoms with Crippen LogP contribution in [0.5, 0.6) is 0 Å². The lowest BCUT2D eigenvalue weighted by molar-refractivity contribution is 0.0401. The fourth-order valence-electron chi connectivity index (χ4n) is 2.66. The Kier molecular flexibility index (Phi) is 2.91. The second-order valence-corrected chi connectivity index (χ2v) is 5.75. The maximum Gasteiger partial charge on any atom is 0.0901 e. The maximum absolute atomic E-state index is 10.6. The van der Waals surface area contributed by atoms with Gasteiger partial charge in [-0.1, -0.05) is 28.9 Å². The van der Waals surface area contributed by atoms with Crippen LogP contribution in [0.1, 0.15) is 37.3 Å². The molecule has 1 aliphatic carbocycles. The van der Waals surface area contributed by atoms with Crippen molar-refractivity contribution < 1.29 is 5.11 Å². The van der Waals surface area contributed by atoms with Crippen LogP contribution in [0.25, 0.3) is 0 Å². The van der Waals surface area contributed by atoms with Gasteiger partial charge in [-0.2, -0.15) is 0 Å². The highest BCUT2D eigenvalue weighted by molar-refractivity contribution is 9.10. The summed E-state index contributed by atoms with van der Waals surface area (Å²) in [7, 11) is 0. The third-order valence-electron chi connectivity index (χ3n) is 3.43. The molecule has 2 heteroatoms. The van der Waals surface area contributed by atoms with Crippen molar-refractivity contribution in [2.45, 2.75) is 38.7 Å². The molecule has 0 unspecified atom stereocenters. The molecule has 0 aliphatic heterocycles. The minimum Gasteiger partial charge on any atom is -0.385 e. The number of aryl methyl sites for hydroxylation is 1. The Morgan fingerprint density at radius 2 is 2.20 bits per heavy atom. The monoisotopic (exact) mass is 268 g/mol. The molecular weight excluding hydrogens is 252 g/mol. The Bertz CT molecular complexity index is 375. The number of aliphatic hydroxyl groups is 1. The third-order valence-corrected chi connectivity index (χ3v) is 3.92. The van der Waals surface area contributed by atoms with E-state index in [4.69, 9.17) is 0 Å². The first-order chi connectivity index (χ1) is 7.01. The first-order valence-electron chi connectivity index (χ1n) is 5.50. The first kappa shape index (κ1) is 11.2. The molecule has 1 aliphatic rings. The maximum atomic E-state index is 10.6. The van der Waals surface area contributed by atoms with Gasteiger partial charge in [0, 0.05) is 4.47 Å². The van der Waals surface area contributed by atoms with E-state index in [0.29, 0.717) is 5.92 Å². The molecule has 0 amide bonds. The molecule has 1 fully saturated rings. The van der Waals surface area contributed by atoms with E-state index >= 15 is 0 Å². The average molecular weight is 269 g/mol. The minimum atomic E-state index is -0.579. The number of hydrogen-bond donors (Lipinski definition) is 1. The topological polar surface area (TPSA) is 20.2 Å². The van der Waals surface area contributed by atoms with Crippen molar-refractivity contribution in [2.75, 3.05) is 0 Å². The summed E-state index contributed by atoms with van der Waals surface area (Å²) in [6, 6.07) is 6.15. The van der Waals surface area contributed by atoms with Crippen LogP contribution in [-0.4, -0.2) is 5.11 Å². The van der Waals surface area contributed by atoms with E-state index in [9.17, 15) is 5.11 Å². The number of rotatable bonds is 1. The fourth-order valence-corrected chi connectivity index (χ4v) is 3.14. The Morgan fingerprint density at radius 1 is 1.47 bits per heavy atom. The summed E-state index contributed by atoms with van der Waals surface area (Å²) in [6.45, 7) is 4.28. The van der Waals surface area contributed by atoms with Crippen LogP contribution in [-0.2, 0) is 5.60 Å². The Labute approximate surface area is 99.6 Å². The van der Waals surface area contributed by atoms with Gasteiger partial charge in [-0.3, -0.25) is 0 Å². The number of hydrogen-bond acceptors (Lipinski definition) is 1. The van der Waals surface area contributed by atoms with E-state index in [1.165, 1.54) is 5.56 Å².